The molecular formula is C22H27O7P. The number of methoxy groups -OCH3 is 2. The van der Waals surface area contributed by atoms with Gasteiger partial charge in [-0.3, -0.25) is 14.2 Å². The summed E-state index contributed by atoms with van der Waals surface area (Å²) in [5.41, 5.74) is 1.65. The first-order valence-corrected chi connectivity index (χ1v) is 11.3. The number of esters is 2. The standard InChI is InChI=1S/C22H27O7P/c1-26-21(23)14-13-20(22(24)27-2)17-30(25,28-15-18-9-5-3-6-10-18)29-16-19-11-7-4-8-12-19/h3-12,20H,13-17H2,1-2H3. The molecule has 0 N–H and O–H groups in total. The molecule has 0 saturated heterocycles. The van der Waals surface area contributed by atoms with Gasteiger partial charge in [-0.05, 0) is 17.5 Å². The van der Waals surface area contributed by atoms with Crippen LogP contribution < -0.4 is 0 Å². The topological polar surface area (TPSA) is 88.1 Å². The van der Waals surface area contributed by atoms with Crippen LogP contribution in [-0.2, 0) is 45.9 Å². The van der Waals surface area contributed by atoms with Gasteiger partial charge in [0.05, 0.1) is 39.5 Å². The quantitative estimate of drug-likeness (QED) is 0.362. The van der Waals surface area contributed by atoms with Crippen molar-refractivity contribution in [2.24, 2.45) is 5.92 Å². The van der Waals surface area contributed by atoms with Crippen LogP contribution in [-0.4, -0.2) is 32.3 Å². The van der Waals surface area contributed by atoms with Crippen LogP contribution >= 0.6 is 7.60 Å². The Bertz CT molecular complexity index is 792. The van der Waals surface area contributed by atoms with Crippen LogP contribution in [0, 0.1) is 5.92 Å². The first-order chi connectivity index (χ1) is 14.5. The minimum atomic E-state index is -3.69. The number of hydrogen-bond donors (Lipinski definition) is 0. The molecule has 1 atom stereocenters. The van der Waals surface area contributed by atoms with Gasteiger partial charge in [-0.1, -0.05) is 60.7 Å². The van der Waals surface area contributed by atoms with Crippen molar-refractivity contribution in [3.8, 4) is 0 Å². The van der Waals surface area contributed by atoms with Crippen LogP contribution in [0.2, 0.25) is 0 Å². The molecule has 30 heavy (non-hydrogen) atoms. The Morgan fingerprint density at radius 2 is 1.33 bits per heavy atom. The Hall–Kier alpha value is -2.47. The average Bonchev–Trinajstić information content (AvgIpc) is 2.80. The Labute approximate surface area is 176 Å². The van der Waals surface area contributed by atoms with E-state index in [1.807, 2.05) is 60.7 Å². The minimum absolute atomic E-state index is 0.00631. The van der Waals surface area contributed by atoms with E-state index in [1.165, 1.54) is 14.2 Å². The van der Waals surface area contributed by atoms with Crippen molar-refractivity contribution in [3.63, 3.8) is 0 Å². The van der Waals surface area contributed by atoms with Gasteiger partial charge in [0.25, 0.3) is 0 Å². The highest BCUT2D eigenvalue weighted by Gasteiger charge is 2.34. The fourth-order valence-corrected chi connectivity index (χ4v) is 4.60. The SMILES string of the molecule is COC(=O)CCC(CP(=O)(OCc1ccccc1)OCc1ccccc1)C(=O)OC. The Balaban J connectivity index is 2.14. The largest absolute Gasteiger partial charge is 0.469 e. The van der Waals surface area contributed by atoms with E-state index < -0.39 is 25.5 Å². The van der Waals surface area contributed by atoms with Gasteiger partial charge in [-0.25, -0.2) is 0 Å². The summed E-state index contributed by atoms with van der Waals surface area (Å²) in [4.78, 5) is 23.7. The molecule has 2 aromatic rings. The lowest BCUT2D eigenvalue weighted by Gasteiger charge is -2.23. The van der Waals surface area contributed by atoms with Gasteiger partial charge in [0.1, 0.15) is 0 Å². The fourth-order valence-electron chi connectivity index (χ4n) is 2.75. The molecule has 7 nitrogen and oxygen atoms in total. The van der Waals surface area contributed by atoms with Crippen LogP contribution in [0.15, 0.2) is 60.7 Å². The third kappa shape index (κ3) is 8.11. The highest BCUT2D eigenvalue weighted by atomic mass is 31.2. The zero-order valence-electron chi connectivity index (χ0n) is 17.2. The predicted octanol–water partition coefficient (Wildman–Crippen LogP) is 4.36. The van der Waals surface area contributed by atoms with E-state index in [1.54, 1.807) is 0 Å². The maximum absolute atomic E-state index is 13.5. The molecule has 0 saturated carbocycles. The van der Waals surface area contributed by atoms with Crippen molar-refractivity contribution in [2.45, 2.75) is 26.1 Å². The van der Waals surface area contributed by atoms with Gasteiger partial charge in [-0.15, -0.1) is 0 Å². The second kappa shape index (κ2) is 12.3. The van der Waals surface area contributed by atoms with Crippen LogP contribution in [0.1, 0.15) is 24.0 Å². The van der Waals surface area contributed by atoms with Crippen molar-refractivity contribution in [2.75, 3.05) is 20.4 Å². The number of ether oxygens (including phenoxy) is 2. The minimum Gasteiger partial charge on any atom is -0.469 e. The second-order valence-corrected chi connectivity index (χ2v) is 8.75. The van der Waals surface area contributed by atoms with Gasteiger partial charge in [0.2, 0.25) is 0 Å². The van der Waals surface area contributed by atoms with E-state index >= 15 is 0 Å². The third-order valence-electron chi connectivity index (χ3n) is 4.44. The molecule has 0 aliphatic carbocycles. The van der Waals surface area contributed by atoms with E-state index in [4.69, 9.17) is 13.8 Å². The van der Waals surface area contributed by atoms with Crippen molar-refractivity contribution in [3.05, 3.63) is 71.8 Å². The lowest BCUT2D eigenvalue weighted by atomic mass is 10.1. The summed E-state index contributed by atoms with van der Waals surface area (Å²) in [6, 6.07) is 18.5. The number of carbonyl (C=O) groups is 2. The van der Waals surface area contributed by atoms with Gasteiger partial charge >= 0.3 is 19.5 Å². The summed E-state index contributed by atoms with van der Waals surface area (Å²) >= 11 is 0. The molecule has 0 aliphatic heterocycles. The third-order valence-corrected chi connectivity index (χ3v) is 6.38. The molecule has 162 valence electrons. The smallest absolute Gasteiger partial charge is 0.332 e. The molecule has 8 heteroatoms. The lowest BCUT2D eigenvalue weighted by molar-refractivity contribution is -0.146. The molecule has 0 spiro atoms. The van der Waals surface area contributed by atoms with Crippen molar-refractivity contribution in [1.29, 1.82) is 0 Å². The molecular weight excluding hydrogens is 407 g/mol. The summed E-state index contributed by atoms with van der Waals surface area (Å²) in [6.07, 6.45) is -0.0866. The number of rotatable bonds is 12. The van der Waals surface area contributed by atoms with Crippen molar-refractivity contribution < 1.29 is 32.7 Å². The average molecular weight is 434 g/mol. The fraction of sp³-hybridized carbons (Fsp3) is 0.364. The van der Waals surface area contributed by atoms with E-state index in [0.717, 1.165) is 11.1 Å². The molecule has 0 heterocycles. The van der Waals surface area contributed by atoms with Gasteiger partial charge in [0, 0.05) is 6.42 Å². The van der Waals surface area contributed by atoms with Gasteiger partial charge in [0.15, 0.2) is 0 Å². The highest BCUT2D eigenvalue weighted by Crippen LogP contribution is 2.52. The summed E-state index contributed by atoms with van der Waals surface area (Å²) in [5.74, 6) is -1.87. The van der Waals surface area contributed by atoms with E-state index in [2.05, 4.69) is 4.74 Å². The molecule has 0 aliphatic rings. The predicted molar refractivity (Wildman–Crippen MR) is 112 cm³/mol. The summed E-state index contributed by atoms with van der Waals surface area (Å²) in [7, 11) is -1.18. The number of benzene rings is 2. The summed E-state index contributed by atoms with van der Waals surface area (Å²) < 4.78 is 34.4. The Morgan fingerprint density at radius 1 is 0.833 bits per heavy atom. The van der Waals surface area contributed by atoms with Gasteiger partial charge in [-0.2, -0.15) is 0 Å². The van der Waals surface area contributed by atoms with Crippen LogP contribution in [0.3, 0.4) is 0 Å². The maximum Gasteiger partial charge on any atom is 0.332 e. The molecule has 0 fully saturated rings. The first-order valence-electron chi connectivity index (χ1n) is 9.56. The summed E-state index contributed by atoms with van der Waals surface area (Å²) in [6.45, 7) is 0.135. The Morgan fingerprint density at radius 3 is 1.77 bits per heavy atom. The van der Waals surface area contributed by atoms with Crippen molar-refractivity contribution in [1.82, 2.24) is 0 Å². The molecule has 0 bridgehead atoms. The lowest BCUT2D eigenvalue weighted by Crippen LogP contribution is -2.22. The molecule has 1 unspecified atom stereocenters. The van der Waals surface area contributed by atoms with E-state index in [0.29, 0.717) is 0 Å². The van der Waals surface area contributed by atoms with Crippen molar-refractivity contribution >= 4 is 19.5 Å². The van der Waals surface area contributed by atoms with Crippen LogP contribution in [0.5, 0.6) is 0 Å². The zero-order chi connectivity index (χ0) is 21.8. The Kier molecular flexibility index (Phi) is 9.74. The zero-order valence-corrected chi connectivity index (χ0v) is 18.1. The normalized spacial score (nSPS) is 12.2. The monoisotopic (exact) mass is 434 g/mol. The second-order valence-electron chi connectivity index (χ2n) is 6.65. The first kappa shape index (κ1) is 23.8. The van der Waals surface area contributed by atoms with Crippen LogP contribution in [0.25, 0.3) is 0 Å². The van der Waals surface area contributed by atoms with E-state index in [9.17, 15) is 14.2 Å². The molecule has 0 radical (unpaired) electrons. The number of carbonyl (C=O) groups excluding carboxylic acids is 2. The molecule has 2 rings (SSSR count). The molecule has 0 aromatic heterocycles. The van der Waals surface area contributed by atoms with Gasteiger partial charge < -0.3 is 18.5 Å². The van der Waals surface area contributed by atoms with E-state index in [-0.39, 0.29) is 32.2 Å². The molecule has 0 amide bonds. The maximum atomic E-state index is 13.5. The molecule has 2 aromatic carbocycles. The van der Waals surface area contributed by atoms with Crippen LogP contribution in [0.4, 0.5) is 0 Å². The summed E-state index contributed by atoms with van der Waals surface area (Å²) in [5, 5.41) is 0. The number of hydrogen-bond acceptors (Lipinski definition) is 7. The highest BCUT2D eigenvalue weighted by molar-refractivity contribution is 7.53.